The van der Waals surface area contributed by atoms with Crippen molar-refractivity contribution in [2.24, 2.45) is 0 Å². The van der Waals surface area contributed by atoms with E-state index in [9.17, 15) is 0 Å². The molecule has 25 heavy (non-hydrogen) atoms. The second kappa shape index (κ2) is 7.40. The van der Waals surface area contributed by atoms with Crippen molar-refractivity contribution in [2.45, 2.75) is 24.6 Å². The first kappa shape index (κ1) is 23.4. The van der Waals surface area contributed by atoms with Gasteiger partial charge in [0.1, 0.15) is 10.8 Å². The van der Waals surface area contributed by atoms with Gasteiger partial charge in [-0.15, -0.1) is 0 Å². The van der Waals surface area contributed by atoms with Gasteiger partial charge in [-0.05, 0) is 37.4 Å². The Hall–Kier alpha value is 3.72. The summed E-state index contributed by atoms with van der Waals surface area (Å²) in [6.07, 6.45) is 0. The number of alkyl halides is 8. The van der Waals surface area contributed by atoms with E-state index in [1.807, 2.05) is 30.3 Å². The first-order valence-electron chi connectivity index (χ1n) is 6.57. The van der Waals surface area contributed by atoms with Gasteiger partial charge in [-0.1, -0.05) is 158 Å². The molecule has 0 amide bonds. The Kier molecular flexibility index (Phi) is 6.92. The van der Waals surface area contributed by atoms with Crippen LogP contribution in [0.2, 0.25) is 0 Å². The second-order valence-corrected chi connectivity index (χ2v) is 19.6. The molecule has 3 rings (SSSR count). The lowest BCUT2D eigenvalue weighted by Gasteiger charge is -2.54. The van der Waals surface area contributed by atoms with E-state index in [4.69, 9.17) is 4.74 Å². The van der Waals surface area contributed by atoms with Gasteiger partial charge in [-0.25, -0.2) is 0 Å². The average molecular weight is 989 g/mol. The number of epoxide rings is 1. The van der Waals surface area contributed by atoms with Crippen LogP contribution in [0, 0.1) is 0 Å². The van der Waals surface area contributed by atoms with Crippen molar-refractivity contribution in [1.82, 2.24) is 0 Å². The summed E-state index contributed by atoms with van der Waals surface area (Å²) in [5.74, 6) is 0. The molecule has 1 aromatic rings. The van der Waals surface area contributed by atoms with Crippen LogP contribution in [0.3, 0.4) is 0 Å². The molecule has 0 aromatic heterocycles. The molecule has 1 aliphatic carbocycles. The van der Waals surface area contributed by atoms with Crippen LogP contribution < -0.4 is 0 Å². The van der Waals surface area contributed by atoms with Gasteiger partial charge in [-0.2, -0.15) is 0 Å². The van der Waals surface area contributed by atoms with Crippen LogP contribution in [-0.4, -0.2) is 19.0 Å². The number of allylic oxidation sites excluding steroid dienone is 1. The average Bonchev–Trinajstić information content (AvgIpc) is 3.15. The zero-order chi connectivity index (χ0) is 19.1. The number of halogens is 10. The Morgan fingerprint density at radius 1 is 0.840 bits per heavy atom. The Morgan fingerprint density at radius 3 is 1.76 bits per heavy atom. The smallest absolute Gasteiger partial charge is 0.214 e. The van der Waals surface area contributed by atoms with Gasteiger partial charge in [0.25, 0.3) is 0 Å². The highest BCUT2D eigenvalue weighted by Crippen LogP contribution is 2.81. The standard InChI is InChI=1S/C14H6Br10O/c15-7-8(16)10(18,13(21,22)12(19,20)9(7)17)11(14(23,24)25-11)6-4-2-1-3-5-6/h1-5,9H. The van der Waals surface area contributed by atoms with Crippen LogP contribution in [0.15, 0.2) is 39.3 Å². The monoisotopic (exact) mass is 979 g/mol. The molecule has 0 bridgehead atoms. The second-order valence-electron chi connectivity index (χ2n) is 5.55. The van der Waals surface area contributed by atoms with E-state index in [-0.39, 0.29) is 4.83 Å². The summed E-state index contributed by atoms with van der Waals surface area (Å²) in [5.41, 5.74) is 0.219. The van der Waals surface area contributed by atoms with E-state index in [2.05, 4.69) is 159 Å². The number of benzene rings is 1. The van der Waals surface area contributed by atoms with E-state index in [0.29, 0.717) is 0 Å². The van der Waals surface area contributed by atoms with E-state index >= 15 is 0 Å². The maximum Gasteiger partial charge on any atom is 0.214 e. The first-order chi connectivity index (χ1) is 11.3. The van der Waals surface area contributed by atoms with Crippen LogP contribution in [0.25, 0.3) is 0 Å². The molecule has 0 N–H and O–H groups in total. The fourth-order valence-corrected chi connectivity index (χ4v) is 13.4. The Morgan fingerprint density at radius 2 is 1.32 bits per heavy atom. The van der Waals surface area contributed by atoms with Gasteiger partial charge in [0, 0.05) is 8.96 Å². The minimum atomic E-state index is -0.786. The largest absolute Gasteiger partial charge is 0.332 e. The zero-order valence-electron chi connectivity index (χ0n) is 11.7. The molecule has 1 aliphatic heterocycles. The van der Waals surface area contributed by atoms with Crippen LogP contribution in [0.1, 0.15) is 5.56 Å². The molecule has 1 aromatic carbocycles. The normalized spacial score (nSPS) is 38.6. The molecule has 1 nitrogen and oxygen atoms in total. The van der Waals surface area contributed by atoms with Crippen molar-refractivity contribution in [3.63, 3.8) is 0 Å². The number of hydrogen-bond acceptors (Lipinski definition) is 1. The summed E-state index contributed by atoms with van der Waals surface area (Å²) < 4.78 is 5.24. The molecule has 1 fully saturated rings. The third-order valence-corrected chi connectivity index (χ3v) is 20.9. The molecule has 3 unspecified atom stereocenters. The van der Waals surface area contributed by atoms with Crippen LogP contribution in [0.4, 0.5) is 0 Å². The molecule has 0 saturated carbocycles. The van der Waals surface area contributed by atoms with Crippen LogP contribution in [0.5, 0.6) is 0 Å². The van der Waals surface area contributed by atoms with Crippen molar-refractivity contribution < 1.29 is 4.74 Å². The molecule has 1 heterocycles. The molecular weight excluding hydrogens is 983 g/mol. The summed E-state index contributed by atoms with van der Waals surface area (Å²) in [7, 11) is 0. The molecule has 11 heteroatoms. The predicted molar refractivity (Wildman–Crippen MR) is 140 cm³/mol. The lowest BCUT2D eigenvalue weighted by Crippen LogP contribution is -2.64. The highest BCUT2D eigenvalue weighted by atomic mass is 79.9. The van der Waals surface area contributed by atoms with Gasteiger partial charge in [0.2, 0.25) is 3.42 Å². The molecule has 138 valence electrons. The molecular formula is C14H6Br10O. The Labute approximate surface area is 229 Å². The van der Waals surface area contributed by atoms with Crippen LogP contribution >= 0.6 is 159 Å². The topological polar surface area (TPSA) is 12.5 Å². The molecule has 2 aliphatic rings. The Balaban J connectivity index is 2.36. The lowest BCUT2D eigenvalue weighted by atomic mass is 9.79. The van der Waals surface area contributed by atoms with E-state index in [1.54, 1.807) is 0 Å². The molecule has 0 spiro atoms. The fraction of sp³-hybridized carbons (Fsp3) is 0.429. The molecule has 0 radical (unpaired) electrons. The SMILES string of the molecule is BrC1=C(Br)C(Br)(C2(c3ccccc3)OC2(Br)Br)C(Br)(Br)C(Br)(Br)C1Br. The van der Waals surface area contributed by atoms with Crippen molar-refractivity contribution in [3.8, 4) is 0 Å². The van der Waals surface area contributed by atoms with Gasteiger partial charge in [0.15, 0.2) is 5.60 Å². The van der Waals surface area contributed by atoms with E-state index < -0.39 is 19.8 Å². The third-order valence-electron chi connectivity index (χ3n) is 4.22. The molecule has 3 atom stereocenters. The summed E-state index contributed by atoms with van der Waals surface area (Å²) in [4.78, 5) is -0.0783. The van der Waals surface area contributed by atoms with Crippen LogP contribution in [-0.2, 0) is 10.3 Å². The zero-order valence-corrected chi connectivity index (χ0v) is 27.5. The summed E-state index contributed by atoms with van der Waals surface area (Å²) >= 11 is 38.1. The maximum absolute atomic E-state index is 6.29. The van der Waals surface area contributed by atoms with Crippen molar-refractivity contribution in [2.75, 3.05) is 0 Å². The summed E-state index contributed by atoms with van der Waals surface area (Å²) in [6.45, 7) is 0. The highest BCUT2D eigenvalue weighted by Gasteiger charge is 2.86. The first-order valence-corrected chi connectivity index (χ1v) is 14.6. The lowest BCUT2D eigenvalue weighted by molar-refractivity contribution is 0.256. The molecule has 1 saturated heterocycles. The van der Waals surface area contributed by atoms with Crippen molar-refractivity contribution >= 4 is 159 Å². The van der Waals surface area contributed by atoms with Crippen molar-refractivity contribution in [3.05, 3.63) is 44.9 Å². The highest BCUT2D eigenvalue weighted by molar-refractivity contribution is 9.31. The minimum Gasteiger partial charge on any atom is -0.332 e. The quantitative estimate of drug-likeness (QED) is 0.213. The Bertz CT molecular complexity index is 745. The van der Waals surface area contributed by atoms with Gasteiger partial charge >= 0.3 is 0 Å². The predicted octanol–water partition coefficient (Wildman–Crippen LogP) is 9.24. The third kappa shape index (κ3) is 3.04. The number of rotatable bonds is 2. The van der Waals surface area contributed by atoms with Gasteiger partial charge < -0.3 is 4.74 Å². The summed E-state index contributed by atoms with van der Waals surface area (Å²) in [6, 6.07) is 10.1. The van der Waals surface area contributed by atoms with E-state index in [0.717, 1.165) is 14.5 Å². The maximum atomic E-state index is 6.29. The number of ether oxygens (including phenoxy) is 1. The van der Waals surface area contributed by atoms with Gasteiger partial charge in [0.05, 0.1) is 4.83 Å². The van der Waals surface area contributed by atoms with Gasteiger partial charge in [-0.3, -0.25) is 0 Å². The van der Waals surface area contributed by atoms with Crippen molar-refractivity contribution in [1.29, 1.82) is 0 Å². The minimum absolute atomic E-state index is 0.0783. The number of hydrogen-bond donors (Lipinski definition) is 0. The fourth-order valence-electron chi connectivity index (χ4n) is 2.87. The van der Waals surface area contributed by atoms with E-state index in [1.165, 1.54) is 0 Å². The summed E-state index contributed by atoms with van der Waals surface area (Å²) in [5, 5.41) is 0.